The zero-order valence-corrected chi connectivity index (χ0v) is 30.3. The van der Waals surface area contributed by atoms with E-state index in [4.69, 9.17) is 9.47 Å². The molecule has 1 unspecified atom stereocenters. The highest BCUT2D eigenvalue weighted by molar-refractivity contribution is 5.93. The number of hydrogen-bond acceptors (Lipinski definition) is 15. The minimum atomic E-state index is -1.89. The minimum Gasteiger partial charge on any atom is -0.464 e. The van der Waals surface area contributed by atoms with E-state index in [1.807, 2.05) is 6.92 Å². The number of allylic oxidation sites excluding steroid dienone is 1. The summed E-state index contributed by atoms with van der Waals surface area (Å²) >= 11 is 0. The third kappa shape index (κ3) is 9.68. The first-order valence-corrected chi connectivity index (χ1v) is 18.4. The number of nitrogens with zero attached hydrogens (tertiary/aromatic N) is 2. The molecule has 4 rings (SSSR count). The Kier molecular flexibility index (Phi) is 13.9. The van der Waals surface area contributed by atoms with Crippen molar-refractivity contribution in [3.8, 4) is 0 Å². The predicted molar refractivity (Wildman–Crippen MR) is 180 cm³/mol. The van der Waals surface area contributed by atoms with Crippen molar-refractivity contribution in [2.75, 3.05) is 26.4 Å². The Morgan fingerprint density at radius 1 is 0.943 bits per heavy atom. The van der Waals surface area contributed by atoms with Gasteiger partial charge < -0.3 is 34.7 Å². The summed E-state index contributed by atoms with van der Waals surface area (Å²) in [4.78, 5) is 93.4. The molecule has 18 nitrogen and oxygen atoms in total. The maximum absolute atomic E-state index is 13.7. The molecule has 18 heteroatoms. The van der Waals surface area contributed by atoms with Crippen LogP contribution in [0.4, 0.5) is 0 Å². The summed E-state index contributed by atoms with van der Waals surface area (Å²) in [5.74, 6) is -3.42. The average molecular weight is 754 g/mol. The number of aliphatic hydroxyl groups excluding tert-OH is 1. The summed E-state index contributed by atoms with van der Waals surface area (Å²) in [5.41, 5.74) is -2.17. The number of ketones is 2. The molecule has 0 radical (unpaired) electrons. The summed E-state index contributed by atoms with van der Waals surface area (Å²) in [6.45, 7) is 2.57. The molecule has 3 saturated carbocycles. The van der Waals surface area contributed by atoms with E-state index in [1.54, 1.807) is 6.08 Å². The van der Waals surface area contributed by atoms with Gasteiger partial charge in [0.1, 0.15) is 11.6 Å². The number of esters is 2. The van der Waals surface area contributed by atoms with E-state index >= 15 is 0 Å². The molecule has 53 heavy (non-hydrogen) atoms. The van der Waals surface area contributed by atoms with Crippen LogP contribution in [-0.4, -0.2) is 94.0 Å². The van der Waals surface area contributed by atoms with Crippen LogP contribution in [0.25, 0.3) is 0 Å². The monoisotopic (exact) mass is 753 g/mol. The fraction of sp³-hybridized carbons (Fsp3) is 0.800. The summed E-state index contributed by atoms with van der Waals surface area (Å²) in [6.07, 6.45) is 4.85. The van der Waals surface area contributed by atoms with E-state index in [-0.39, 0.29) is 80.9 Å². The molecular weight excluding hydrogens is 702 g/mol. The second kappa shape index (κ2) is 17.8. The lowest BCUT2D eigenvalue weighted by Gasteiger charge is -2.60. The highest BCUT2D eigenvalue weighted by Crippen LogP contribution is 2.67. The fourth-order valence-electron chi connectivity index (χ4n) is 9.42. The Balaban J connectivity index is 1.34. The zero-order chi connectivity index (χ0) is 39.0. The van der Waals surface area contributed by atoms with Gasteiger partial charge >= 0.3 is 11.9 Å². The molecule has 4 aliphatic carbocycles. The molecule has 0 saturated heterocycles. The van der Waals surface area contributed by atoms with E-state index in [9.17, 15) is 54.4 Å². The molecule has 0 aromatic heterocycles. The number of fused-ring (bicyclic) bond motifs is 5. The van der Waals surface area contributed by atoms with Gasteiger partial charge in [-0.25, -0.2) is 4.79 Å². The second-order valence-corrected chi connectivity index (χ2v) is 15.2. The molecule has 0 aromatic carbocycles. The van der Waals surface area contributed by atoms with Gasteiger partial charge in [0.25, 0.3) is 10.2 Å². The fourth-order valence-corrected chi connectivity index (χ4v) is 9.42. The third-order valence-electron chi connectivity index (χ3n) is 12.1. The Morgan fingerprint density at radius 2 is 1.60 bits per heavy atom. The number of amides is 1. The van der Waals surface area contributed by atoms with E-state index in [0.717, 1.165) is 12.0 Å². The van der Waals surface area contributed by atoms with Crippen molar-refractivity contribution in [2.45, 2.75) is 121 Å². The molecule has 0 bridgehead atoms. The largest absolute Gasteiger partial charge is 0.464 e. The number of carbonyl (C=O) groups is 5. The summed E-state index contributed by atoms with van der Waals surface area (Å²) in [6, 6.07) is -1.50. The third-order valence-corrected chi connectivity index (χ3v) is 12.1. The number of unbranched alkanes of at least 4 members (excludes halogenated alkanes) is 3. The van der Waals surface area contributed by atoms with Gasteiger partial charge in [0.15, 0.2) is 12.4 Å². The van der Waals surface area contributed by atoms with Crippen LogP contribution < -0.4 is 5.32 Å². The number of ether oxygens (including phenoxy) is 2. The molecular formula is C35H51N3O15. The Bertz CT molecular complexity index is 1450. The van der Waals surface area contributed by atoms with Crippen LogP contribution >= 0.6 is 0 Å². The van der Waals surface area contributed by atoms with E-state index in [2.05, 4.69) is 21.9 Å². The van der Waals surface area contributed by atoms with Gasteiger partial charge in [-0.15, -0.1) is 20.2 Å². The van der Waals surface area contributed by atoms with Crippen molar-refractivity contribution in [1.82, 2.24) is 5.32 Å². The molecule has 0 heterocycles. The highest BCUT2D eigenvalue weighted by Gasteiger charge is 2.68. The van der Waals surface area contributed by atoms with Crippen LogP contribution in [0.15, 0.2) is 11.6 Å². The van der Waals surface area contributed by atoms with Crippen LogP contribution in [0.1, 0.15) is 104 Å². The number of carbonyl (C=O) groups excluding carboxylic acids is 5. The topological polar surface area (TPSA) is 261 Å². The number of Topliss-reactive ketones (excluding diaryl/α,β-unsaturated/α-hetero) is 1. The van der Waals surface area contributed by atoms with Crippen LogP contribution in [0.2, 0.25) is 0 Å². The van der Waals surface area contributed by atoms with Crippen LogP contribution in [0, 0.1) is 48.8 Å². The van der Waals surface area contributed by atoms with Gasteiger partial charge in [0.05, 0.1) is 32.3 Å². The van der Waals surface area contributed by atoms with Gasteiger partial charge in [0.2, 0.25) is 11.7 Å². The van der Waals surface area contributed by atoms with Gasteiger partial charge in [-0.3, -0.25) is 19.2 Å². The quantitative estimate of drug-likeness (QED) is 0.0698. The Morgan fingerprint density at radius 3 is 2.28 bits per heavy atom. The zero-order valence-electron chi connectivity index (χ0n) is 30.3. The minimum absolute atomic E-state index is 0.0221. The Labute approximate surface area is 306 Å². The van der Waals surface area contributed by atoms with Gasteiger partial charge in [-0.1, -0.05) is 25.8 Å². The van der Waals surface area contributed by atoms with E-state index < -0.39 is 70.0 Å². The van der Waals surface area contributed by atoms with Gasteiger partial charge in [0, 0.05) is 18.3 Å². The summed E-state index contributed by atoms with van der Waals surface area (Å²) in [7, 11) is 0. The smallest absolute Gasteiger partial charge is 0.329 e. The SMILES string of the molecule is C[C@]12CCC(=O)C=C1CC[C@@H]1[C@@H]2[C@@H](O)C[C@@]2(C)[C@H]1CC[C@]2(O)C(=O)COC(=O)CC(NC(=O)CCCCCO[N+](=O)[O-])C(=O)OCCCCO[N+](=O)[O-]. The van der Waals surface area contributed by atoms with Crippen molar-refractivity contribution in [3.05, 3.63) is 31.9 Å². The van der Waals surface area contributed by atoms with Crippen LogP contribution in [0.3, 0.4) is 0 Å². The number of nitrogens with one attached hydrogen (secondary N) is 1. The first-order chi connectivity index (χ1) is 25.0. The van der Waals surface area contributed by atoms with E-state index in [1.165, 1.54) is 0 Å². The molecule has 0 aliphatic heterocycles. The normalized spacial score (nSPS) is 30.7. The molecule has 296 valence electrons. The molecule has 4 aliphatic rings. The van der Waals surface area contributed by atoms with Crippen LogP contribution in [0.5, 0.6) is 0 Å². The molecule has 0 aromatic rings. The Hall–Kier alpha value is -4.19. The predicted octanol–water partition coefficient (Wildman–Crippen LogP) is 2.51. The van der Waals surface area contributed by atoms with Crippen molar-refractivity contribution < 1.29 is 63.5 Å². The van der Waals surface area contributed by atoms with E-state index in [0.29, 0.717) is 44.9 Å². The maximum Gasteiger partial charge on any atom is 0.329 e. The average Bonchev–Trinajstić information content (AvgIpc) is 3.36. The molecule has 0 spiro atoms. The van der Waals surface area contributed by atoms with Gasteiger partial charge in [-0.2, -0.15) is 0 Å². The van der Waals surface area contributed by atoms with Crippen molar-refractivity contribution >= 4 is 29.4 Å². The highest BCUT2D eigenvalue weighted by atomic mass is 17.0. The van der Waals surface area contributed by atoms with Crippen molar-refractivity contribution in [2.24, 2.45) is 28.6 Å². The first kappa shape index (κ1) is 41.6. The lowest BCUT2D eigenvalue weighted by Crippen LogP contribution is -2.62. The molecule has 3 N–H and O–H groups in total. The molecule has 8 atom stereocenters. The maximum atomic E-state index is 13.7. The molecule has 3 fully saturated rings. The summed E-state index contributed by atoms with van der Waals surface area (Å²) < 4.78 is 10.4. The first-order valence-electron chi connectivity index (χ1n) is 18.4. The number of hydrogen-bond donors (Lipinski definition) is 3. The molecule has 1 amide bonds. The lowest BCUT2D eigenvalue weighted by molar-refractivity contribution is -0.757. The number of rotatable bonds is 20. The second-order valence-electron chi connectivity index (χ2n) is 15.2. The van der Waals surface area contributed by atoms with Crippen LogP contribution in [-0.2, 0) is 43.1 Å². The van der Waals surface area contributed by atoms with Crippen molar-refractivity contribution in [3.63, 3.8) is 0 Å². The van der Waals surface area contributed by atoms with Gasteiger partial charge in [-0.05, 0) is 93.5 Å². The van der Waals surface area contributed by atoms with Crippen molar-refractivity contribution in [1.29, 1.82) is 0 Å². The standard InChI is InChI=1S/C35H51N3O15/c1-33-13-11-23(39)18-22(33)9-10-24-25-12-14-35(45,34(25,2)20-27(40)31(24)33)28(41)21-51-30(43)19-26(32(44)50-15-6-7-17-53-38(48)49)36-29(42)8-4-3-5-16-52-37(46)47/h18,24-27,31,40,45H,3-17,19-21H2,1-2H3,(H,36,42)/t24-,25-,26?,27-,31+,33-,34-,35-/m0/s1. The lowest BCUT2D eigenvalue weighted by atomic mass is 9.45. The number of aliphatic hydroxyl groups is 2. The summed E-state index contributed by atoms with van der Waals surface area (Å²) in [5, 5.41) is 44.7.